The number of carbonyl (C=O) groups is 2. The number of carbonyl (C=O) groups excluding carboxylic acids is 2. The monoisotopic (exact) mass is 376 g/mol. The number of likely N-dealkylation sites (tertiary alicyclic amines) is 1. The van der Waals surface area contributed by atoms with Crippen molar-refractivity contribution < 1.29 is 19.4 Å². The maximum absolute atomic E-state index is 12.1. The molecular weight excluding hydrogens is 348 g/mol. The minimum Gasteiger partial charge on any atom is -0.481 e. The highest BCUT2D eigenvalue weighted by atomic mass is 16.5. The molecule has 2 heterocycles. The zero-order valence-electron chi connectivity index (χ0n) is 15.7. The molecule has 0 radical (unpaired) electrons. The van der Waals surface area contributed by atoms with E-state index in [9.17, 15) is 14.7 Å². The lowest BCUT2D eigenvalue weighted by molar-refractivity contribution is -0.120. The number of likely N-dealkylation sites (N-methyl/N-ethyl adjacent to an activating group) is 1. The number of aliphatic hydroxyl groups excluding tert-OH is 1. The Labute approximate surface area is 159 Å². The van der Waals surface area contributed by atoms with Crippen LogP contribution in [0.4, 0.5) is 16.2 Å². The summed E-state index contributed by atoms with van der Waals surface area (Å²) in [5.74, 6) is 0.869. The number of ether oxygens (including phenoxy) is 1. The maximum Gasteiger partial charge on any atom is 0.319 e. The lowest BCUT2D eigenvalue weighted by atomic mass is 9.99. The van der Waals surface area contributed by atoms with Crippen molar-refractivity contribution in [3.63, 3.8) is 0 Å². The van der Waals surface area contributed by atoms with E-state index in [0.717, 1.165) is 38.9 Å². The summed E-state index contributed by atoms with van der Waals surface area (Å²) in [5, 5.41) is 14.9. The fourth-order valence-electron chi connectivity index (χ4n) is 3.54. The molecule has 1 aromatic rings. The second-order valence-electron chi connectivity index (χ2n) is 7.15. The number of nitrogens with one attached hydrogen (secondary N) is 2. The van der Waals surface area contributed by atoms with Crippen molar-refractivity contribution in [2.75, 3.05) is 56.7 Å². The van der Waals surface area contributed by atoms with Crippen LogP contribution in [0.1, 0.15) is 19.3 Å². The number of hydrogen-bond donors (Lipinski definition) is 3. The van der Waals surface area contributed by atoms with Crippen LogP contribution in [0.15, 0.2) is 18.2 Å². The summed E-state index contributed by atoms with van der Waals surface area (Å²) in [4.78, 5) is 27.6. The van der Waals surface area contributed by atoms with E-state index in [4.69, 9.17) is 4.74 Å². The molecular formula is C19H28N4O4. The molecule has 1 unspecified atom stereocenters. The van der Waals surface area contributed by atoms with Gasteiger partial charge in [0.1, 0.15) is 5.75 Å². The summed E-state index contributed by atoms with van der Waals surface area (Å²) in [6.45, 7) is 3.77. The summed E-state index contributed by atoms with van der Waals surface area (Å²) >= 11 is 0. The Morgan fingerprint density at radius 1 is 1.41 bits per heavy atom. The van der Waals surface area contributed by atoms with Crippen molar-refractivity contribution in [3.05, 3.63) is 18.2 Å². The number of rotatable bonds is 6. The molecule has 3 rings (SSSR count). The van der Waals surface area contributed by atoms with Crippen LogP contribution in [0, 0.1) is 5.92 Å². The molecule has 8 heteroatoms. The quantitative estimate of drug-likeness (QED) is 0.650. The van der Waals surface area contributed by atoms with Crippen molar-refractivity contribution in [3.8, 4) is 5.75 Å². The average molecular weight is 376 g/mol. The van der Waals surface area contributed by atoms with Gasteiger partial charge in [0.25, 0.3) is 5.91 Å². The van der Waals surface area contributed by atoms with E-state index in [1.54, 1.807) is 30.1 Å². The zero-order chi connectivity index (χ0) is 19.2. The van der Waals surface area contributed by atoms with Crippen LogP contribution in [0.25, 0.3) is 0 Å². The summed E-state index contributed by atoms with van der Waals surface area (Å²) in [5.41, 5.74) is 1.32. The average Bonchev–Trinajstić information content (AvgIpc) is 2.68. The van der Waals surface area contributed by atoms with Crippen LogP contribution < -0.4 is 20.3 Å². The first-order valence-corrected chi connectivity index (χ1v) is 9.48. The summed E-state index contributed by atoms with van der Waals surface area (Å²) < 4.78 is 5.43. The van der Waals surface area contributed by atoms with Gasteiger partial charge < -0.3 is 30.3 Å². The Kier molecular flexibility index (Phi) is 6.52. The highest BCUT2D eigenvalue weighted by Gasteiger charge is 2.22. The molecule has 0 aliphatic carbocycles. The SMILES string of the molecule is CN1C(=O)COc2cc(NC(=O)NCCCN3CCCC(CO)C3)ccc21. The number of urea groups is 1. The molecule has 0 spiro atoms. The number of anilines is 2. The molecule has 1 aromatic carbocycles. The molecule has 27 heavy (non-hydrogen) atoms. The van der Waals surface area contributed by atoms with E-state index in [1.165, 1.54) is 0 Å². The van der Waals surface area contributed by atoms with Crippen molar-refractivity contribution in [2.24, 2.45) is 5.92 Å². The van der Waals surface area contributed by atoms with Crippen LogP contribution in [0.3, 0.4) is 0 Å². The van der Waals surface area contributed by atoms with E-state index in [1.807, 2.05) is 0 Å². The van der Waals surface area contributed by atoms with Gasteiger partial charge in [0.15, 0.2) is 6.61 Å². The van der Waals surface area contributed by atoms with Gasteiger partial charge in [-0.2, -0.15) is 0 Å². The van der Waals surface area contributed by atoms with Gasteiger partial charge >= 0.3 is 6.03 Å². The fourth-order valence-corrected chi connectivity index (χ4v) is 3.54. The van der Waals surface area contributed by atoms with E-state index in [0.29, 0.717) is 29.6 Å². The first kappa shape index (κ1) is 19.4. The fraction of sp³-hybridized carbons (Fsp3) is 0.579. The molecule has 1 fully saturated rings. The third kappa shape index (κ3) is 5.11. The molecule has 1 atom stereocenters. The van der Waals surface area contributed by atoms with Gasteiger partial charge in [-0.25, -0.2) is 4.79 Å². The van der Waals surface area contributed by atoms with E-state index >= 15 is 0 Å². The molecule has 2 aliphatic rings. The van der Waals surface area contributed by atoms with Crippen LogP contribution in [0.2, 0.25) is 0 Å². The number of aliphatic hydroxyl groups is 1. The van der Waals surface area contributed by atoms with Crippen LogP contribution >= 0.6 is 0 Å². The third-order valence-electron chi connectivity index (χ3n) is 5.10. The smallest absolute Gasteiger partial charge is 0.319 e. The number of benzene rings is 1. The summed E-state index contributed by atoms with van der Waals surface area (Å²) in [6, 6.07) is 4.97. The first-order chi connectivity index (χ1) is 13.1. The van der Waals surface area contributed by atoms with Gasteiger partial charge in [0.2, 0.25) is 0 Å². The maximum atomic E-state index is 12.1. The molecule has 148 valence electrons. The van der Waals surface area contributed by atoms with Gasteiger partial charge in [0.05, 0.1) is 5.69 Å². The van der Waals surface area contributed by atoms with Gasteiger partial charge in [-0.05, 0) is 50.4 Å². The highest BCUT2D eigenvalue weighted by molar-refractivity contribution is 5.98. The molecule has 8 nitrogen and oxygen atoms in total. The number of amides is 3. The predicted molar refractivity (Wildman–Crippen MR) is 103 cm³/mol. The second-order valence-corrected chi connectivity index (χ2v) is 7.15. The molecule has 3 amide bonds. The molecule has 0 bridgehead atoms. The predicted octanol–water partition coefficient (Wildman–Crippen LogP) is 1.26. The Morgan fingerprint density at radius 2 is 2.26 bits per heavy atom. The Morgan fingerprint density at radius 3 is 3.07 bits per heavy atom. The standard InChI is InChI=1S/C19H28N4O4/c1-22-16-6-5-15(10-17(16)27-13-18(22)25)21-19(26)20-7-3-9-23-8-2-4-14(11-23)12-24/h5-6,10,14,24H,2-4,7-9,11-13H2,1H3,(H2,20,21,26). The minimum atomic E-state index is -0.262. The van der Waals surface area contributed by atoms with Crippen molar-refractivity contribution in [1.29, 1.82) is 0 Å². The normalized spacial score (nSPS) is 20.0. The summed E-state index contributed by atoms with van der Waals surface area (Å²) in [6.07, 6.45) is 3.09. The highest BCUT2D eigenvalue weighted by Crippen LogP contribution is 2.33. The molecule has 3 N–H and O–H groups in total. The second kappa shape index (κ2) is 9.05. The first-order valence-electron chi connectivity index (χ1n) is 9.48. The van der Waals surface area contributed by atoms with Crippen LogP contribution in [0.5, 0.6) is 5.75 Å². The molecule has 0 aromatic heterocycles. The van der Waals surface area contributed by atoms with Crippen molar-refractivity contribution in [2.45, 2.75) is 19.3 Å². The number of fused-ring (bicyclic) bond motifs is 1. The third-order valence-corrected chi connectivity index (χ3v) is 5.10. The topological polar surface area (TPSA) is 94.1 Å². The van der Waals surface area contributed by atoms with Gasteiger partial charge in [-0.1, -0.05) is 0 Å². The minimum absolute atomic E-state index is 0.00673. The van der Waals surface area contributed by atoms with E-state index in [-0.39, 0.29) is 25.2 Å². The Hall–Kier alpha value is -2.32. The zero-order valence-corrected chi connectivity index (χ0v) is 15.7. The summed E-state index contributed by atoms with van der Waals surface area (Å²) in [7, 11) is 1.70. The van der Waals surface area contributed by atoms with E-state index in [2.05, 4.69) is 15.5 Å². The number of piperidine rings is 1. The van der Waals surface area contributed by atoms with Crippen molar-refractivity contribution in [1.82, 2.24) is 10.2 Å². The van der Waals surface area contributed by atoms with Gasteiger partial charge in [-0.3, -0.25) is 4.79 Å². The number of hydrogen-bond acceptors (Lipinski definition) is 5. The van der Waals surface area contributed by atoms with E-state index < -0.39 is 0 Å². The Balaban J connectivity index is 1.40. The molecule has 0 saturated carbocycles. The molecule has 2 aliphatic heterocycles. The largest absolute Gasteiger partial charge is 0.481 e. The van der Waals surface area contributed by atoms with Crippen molar-refractivity contribution >= 4 is 23.3 Å². The van der Waals surface area contributed by atoms with Crippen LogP contribution in [-0.2, 0) is 4.79 Å². The number of nitrogens with zero attached hydrogens (tertiary/aromatic N) is 2. The van der Waals surface area contributed by atoms with Gasteiger partial charge in [0, 0.05) is 38.5 Å². The lowest BCUT2D eigenvalue weighted by Gasteiger charge is -2.31. The molecule has 1 saturated heterocycles. The van der Waals surface area contributed by atoms with Gasteiger partial charge in [-0.15, -0.1) is 0 Å². The Bertz CT molecular complexity index is 682. The van der Waals surface area contributed by atoms with Crippen LogP contribution in [-0.4, -0.2) is 68.4 Å². The lowest BCUT2D eigenvalue weighted by Crippen LogP contribution is -2.39.